The Bertz CT molecular complexity index is 137. The van der Waals surface area contributed by atoms with Crippen LogP contribution in [-0.4, -0.2) is 18.5 Å². The van der Waals surface area contributed by atoms with E-state index < -0.39 is 0 Å². The van der Waals surface area contributed by atoms with Gasteiger partial charge in [-0.05, 0) is 0 Å². The smallest absolute Gasteiger partial charge is 0.266 e. The van der Waals surface area contributed by atoms with Crippen LogP contribution in [0.4, 0.5) is 0 Å². The van der Waals surface area contributed by atoms with Gasteiger partial charge in [-0.15, -0.1) is 5.10 Å². The lowest BCUT2D eigenvalue weighted by atomic mass is 10.7. The highest BCUT2D eigenvalue weighted by atomic mass is 16.1. The molecule has 0 aromatic carbocycles. The minimum atomic E-state index is -0.352. The molecule has 1 aliphatic rings. The van der Waals surface area contributed by atoms with E-state index in [-0.39, 0.29) is 5.91 Å². The Balaban J connectivity index is 2.66. The SMILES string of the molecule is O=C1C=NN=C[N]1. The zero-order chi connectivity index (χ0) is 5.11. The van der Waals surface area contributed by atoms with Gasteiger partial charge in [-0.3, -0.25) is 4.79 Å². The normalized spacial score (nSPS) is 16.9. The van der Waals surface area contributed by atoms with Crippen LogP contribution in [0.2, 0.25) is 0 Å². The minimum Gasteiger partial charge on any atom is -0.266 e. The van der Waals surface area contributed by atoms with Gasteiger partial charge < -0.3 is 0 Å². The van der Waals surface area contributed by atoms with E-state index in [9.17, 15) is 4.79 Å². The van der Waals surface area contributed by atoms with Crippen molar-refractivity contribution in [2.75, 3.05) is 0 Å². The molecule has 1 radical (unpaired) electrons. The quantitative estimate of drug-likeness (QED) is 0.387. The molecule has 7 heavy (non-hydrogen) atoms. The fraction of sp³-hybridized carbons (Fsp3) is 0. The highest BCUT2D eigenvalue weighted by Crippen LogP contribution is 1.72. The fourth-order valence-electron chi connectivity index (χ4n) is 0.229. The summed E-state index contributed by atoms with van der Waals surface area (Å²) in [5.41, 5.74) is 0. The van der Waals surface area contributed by atoms with Crippen LogP contribution < -0.4 is 5.32 Å². The van der Waals surface area contributed by atoms with Crippen LogP contribution in [0.1, 0.15) is 0 Å². The fourth-order valence-corrected chi connectivity index (χ4v) is 0.229. The molecule has 0 unspecified atom stereocenters. The molecule has 0 aliphatic carbocycles. The van der Waals surface area contributed by atoms with Crippen LogP contribution in [0, 0.1) is 0 Å². The first-order chi connectivity index (χ1) is 3.39. The summed E-state index contributed by atoms with van der Waals surface area (Å²) in [5, 5.41) is 9.79. The molecule has 4 heteroatoms. The third kappa shape index (κ3) is 0.819. The van der Waals surface area contributed by atoms with Crippen LogP contribution in [0.5, 0.6) is 0 Å². The molecule has 0 aromatic heterocycles. The van der Waals surface area contributed by atoms with Gasteiger partial charge in [0.05, 0.1) is 0 Å². The Labute approximate surface area is 39.9 Å². The first-order valence-electron chi connectivity index (χ1n) is 1.69. The number of amides is 1. The number of nitrogens with zero attached hydrogens (tertiary/aromatic N) is 3. The zero-order valence-electron chi connectivity index (χ0n) is 3.40. The molecule has 0 fully saturated rings. The molecule has 0 bridgehead atoms. The van der Waals surface area contributed by atoms with E-state index in [0.29, 0.717) is 0 Å². The highest BCUT2D eigenvalue weighted by Gasteiger charge is 1.95. The molecule has 0 saturated heterocycles. The summed E-state index contributed by atoms with van der Waals surface area (Å²) < 4.78 is 0. The number of rotatable bonds is 0. The van der Waals surface area contributed by atoms with E-state index in [2.05, 4.69) is 15.5 Å². The van der Waals surface area contributed by atoms with Gasteiger partial charge in [0.2, 0.25) is 0 Å². The van der Waals surface area contributed by atoms with Crippen molar-refractivity contribution in [3.63, 3.8) is 0 Å². The molecule has 0 aromatic rings. The second kappa shape index (κ2) is 1.51. The molecule has 1 aliphatic heterocycles. The van der Waals surface area contributed by atoms with Crippen molar-refractivity contribution in [2.24, 2.45) is 10.2 Å². The molecule has 4 nitrogen and oxygen atoms in total. The van der Waals surface area contributed by atoms with Crippen LogP contribution in [0.25, 0.3) is 0 Å². The Morgan fingerprint density at radius 3 is 2.57 bits per heavy atom. The zero-order valence-corrected chi connectivity index (χ0v) is 3.40. The lowest BCUT2D eigenvalue weighted by molar-refractivity contribution is -0.113. The van der Waals surface area contributed by atoms with Gasteiger partial charge in [0.25, 0.3) is 5.91 Å². The Morgan fingerprint density at radius 1 is 1.43 bits per heavy atom. The average Bonchev–Trinajstić information content (AvgIpc) is 1.69. The highest BCUT2D eigenvalue weighted by molar-refractivity contribution is 6.29. The Hall–Kier alpha value is -1.19. The lowest BCUT2D eigenvalue weighted by Crippen LogP contribution is -2.16. The van der Waals surface area contributed by atoms with Crippen LogP contribution in [-0.2, 0) is 4.79 Å². The molecule has 1 heterocycles. The second-order valence-corrected chi connectivity index (χ2v) is 0.943. The number of hydrogen-bond acceptors (Lipinski definition) is 3. The predicted molar refractivity (Wildman–Crippen MR) is 24.1 cm³/mol. The van der Waals surface area contributed by atoms with Gasteiger partial charge in [-0.25, -0.2) is 0 Å². The van der Waals surface area contributed by atoms with E-state index in [0.717, 1.165) is 12.6 Å². The number of carbonyl (C=O) groups excluding carboxylic acids is 1. The van der Waals surface area contributed by atoms with Crippen LogP contribution in [0.3, 0.4) is 0 Å². The Kier molecular flexibility index (Phi) is 0.856. The molecule has 0 saturated carbocycles. The van der Waals surface area contributed by atoms with E-state index in [1.165, 1.54) is 0 Å². The minimum absolute atomic E-state index is 0.352. The first-order valence-corrected chi connectivity index (χ1v) is 1.69. The molecule has 0 spiro atoms. The van der Waals surface area contributed by atoms with Crippen molar-refractivity contribution >= 4 is 18.5 Å². The maximum absolute atomic E-state index is 10.1. The lowest BCUT2D eigenvalue weighted by Gasteiger charge is -1.87. The molecule has 35 valence electrons. The summed E-state index contributed by atoms with van der Waals surface area (Å²) in [6.07, 6.45) is 2.17. The number of hydrogen-bond donors (Lipinski definition) is 0. The van der Waals surface area contributed by atoms with Crippen molar-refractivity contribution in [2.45, 2.75) is 0 Å². The maximum atomic E-state index is 10.1. The summed E-state index contributed by atoms with van der Waals surface area (Å²) >= 11 is 0. The largest absolute Gasteiger partial charge is 0.291 e. The van der Waals surface area contributed by atoms with Crippen molar-refractivity contribution in [3.8, 4) is 0 Å². The van der Waals surface area contributed by atoms with Crippen molar-refractivity contribution in [3.05, 3.63) is 0 Å². The maximum Gasteiger partial charge on any atom is 0.291 e. The number of carbonyl (C=O) groups is 1. The Morgan fingerprint density at radius 2 is 2.29 bits per heavy atom. The van der Waals surface area contributed by atoms with Gasteiger partial charge in [-0.1, -0.05) is 0 Å². The van der Waals surface area contributed by atoms with Crippen molar-refractivity contribution in [1.29, 1.82) is 0 Å². The molecule has 1 amide bonds. The average molecular weight is 96.1 g/mol. The van der Waals surface area contributed by atoms with Gasteiger partial charge in [0.15, 0.2) is 0 Å². The van der Waals surface area contributed by atoms with E-state index in [1.54, 1.807) is 0 Å². The summed E-state index contributed by atoms with van der Waals surface area (Å²) in [4.78, 5) is 10.1. The second-order valence-electron chi connectivity index (χ2n) is 0.943. The molecule has 0 N–H and O–H groups in total. The standard InChI is InChI=1S/C3H2N3O/c7-3-1-5-6-2-4-3/h1-2H. The summed E-state index contributed by atoms with van der Waals surface area (Å²) in [6, 6.07) is 0. The van der Waals surface area contributed by atoms with Gasteiger partial charge in [-0.2, -0.15) is 10.4 Å². The molecular weight excluding hydrogens is 94.1 g/mol. The van der Waals surface area contributed by atoms with Gasteiger partial charge in [0, 0.05) is 0 Å². The summed E-state index contributed by atoms with van der Waals surface area (Å²) in [6.45, 7) is 0. The van der Waals surface area contributed by atoms with Crippen LogP contribution >= 0.6 is 0 Å². The molecular formula is C3H2N3O. The predicted octanol–water partition coefficient (Wildman–Crippen LogP) is -0.855. The third-order valence-corrected chi connectivity index (χ3v) is 0.471. The van der Waals surface area contributed by atoms with E-state index >= 15 is 0 Å². The third-order valence-electron chi connectivity index (χ3n) is 0.471. The first kappa shape index (κ1) is 3.98. The van der Waals surface area contributed by atoms with Crippen molar-refractivity contribution in [1.82, 2.24) is 5.32 Å². The summed E-state index contributed by atoms with van der Waals surface area (Å²) in [7, 11) is 0. The van der Waals surface area contributed by atoms with Gasteiger partial charge >= 0.3 is 0 Å². The molecule has 1 rings (SSSR count). The van der Waals surface area contributed by atoms with Crippen LogP contribution in [0.15, 0.2) is 10.2 Å². The van der Waals surface area contributed by atoms with Gasteiger partial charge in [0.1, 0.15) is 12.6 Å². The van der Waals surface area contributed by atoms with E-state index in [1.807, 2.05) is 0 Å². The monoisotopic (exact) mass is 96.0 g/mol. The van der Waals surface area contributed by atoms with Crippen molar-refractivity contribution < 1.29 is 4.79 Å². The van der Waals surface area contributed by atoms with E-state index in [4.69, 9.17) is 0 Å². The topological polar surface area (TPSA) is 55.9 Å². The molecule has 0 atom stereocenters. The summed E-state index contributed by atoms with van der Waals surface area (Å²) in [5.74, 6) is -0.352.